The second-order valence-electron chi connectivity index (χ2n) is 5.71. The van der Waals surface area contributed by atoms with E-state index in [1.165, 1.54) is 0 Å². The maximum atomic E-state index is 12.2. The van der Waals surface area contributed by atoms with E-state index in [0.29, 0.717) is 19.1 Å². The average Bonchev–Trinajstić information content (AvgIpc) is 3.14. The van der Waals surface area contributed by atoms with Gasteiger partial charge in [-0.15, -0.1) is 0 Å². The number of hydrogen-bond donors (Lipinski definition) is 2. The van der Waals surface area contributed by atoms with E-state index >= 15 is 0 Å². The van der Waals surface area contributed by atoms with E-state index in [-0.39, 0.29) is 11.9 Å². The van der Waals surface area contributed by atoms with Crippen LogP contribution in [0.15, 0.2) is 0 Å². The van der Waals surface area contributed by atoms with Gasteiger partial charge in [-0.25, -0.2) is 9.59 Å². The van der Waals surface area contributed by atoms with Gasteiger partial charge in [-0.2, -0.15) is 0 Å². The van der Waals surface area contributed by atoms with Crippen molar-refractivity contribution in [3.05, 3.63) is 0 Å². The first-order valence-corrected chi connectivity index (χ1v) is 7.59. The van der Waals surface area contributed by atoms with Crippen LogP contribution in [0.2, 0.25) is 0 Å². The second-order valence-corrected chi connectivity index (χ2v) is 5.71. The molecule has 6 nitrogen and oxygen atoms in total. The molecule has 2 N–H and O–H groups in total. The molecule has 2 unspecified atom stereocenters. The summed E-state index contributed by atoms with van der Waals surface area (Å²) in [5.41, 5.74) is 0. The van der Waals surface area contributed by atoms with Crippen molar-refractivity contribution in [2.75, 3.05) is 26.2 Å². The highest BCUT2D eigenvalue weighted by molar-refractivity contribution is 5.83. The third-order valence-corrected chi connectivity index (χ3v) is 4.42. The Balaban J connectivity index is 1.86. The number of amides is 2. The van der Waals surface area contributed by atoms with E-state index in [1.54, 1.807) is 4.90 Å². The fourth-order valence-corrected chi connectivity index (χ4v) is 3.00. The number of urea groups is 1. The van der Waals surface area contributed by atoms with Crippen molar-refractivity contribution >= 4 is 12.0 Å². The van der Waals surface area contributed by atoms with Crippen LogP contribution in [0.5, 0.6) is 0 Å². The number of carboxylic acid groups (broad SMARTS) is 1. The zero-order chi connectivity index (χ0) is 14.7. The standard InChI is InChI=1S/C14H25N3O3/c1-3-16(4-2)11-7-8-17(9-11)14(20)15-12(13(18)19)10-5-6-10/h10-12H,3-9H2,1-2H3,(H,15,20)(H,18,19). The van der Waals surface area contributed by atoms with Gasteiger partial charge in [0.2, 0.25) is 0 Å². The molecule has 0 spiro atoms. The van der Waals surface area contributed by atoms with E-state index in [0.717, 1.165) is 32.4 Å². The Labute approximate surface area is 120 Å². The molecule has 1 aliphatic carbocycles. The third kappa shape index (κ3) is 3.42. The van der Waals surface area contributed by atoms with Gasteiger partial charge >= 0.3 is 12.0 Å². The molecule has 0 radical (unpaired) electrons. The molecule has 1 heterocycles. The molecule has 6 heteroatoms. The molecule has 2 amide bonds. The lowest BCUT2D eigenvalue weighted by molar-refractivity contribution is -0.139. The lowest BCUT2D eigenvalue weighted by Gasteiger charge is -2.26. The number of carboxylic acids is 1. The molecule has 1 saturated carbocycles. The van der Waals surface area contributed by atoms with Crippen LogP contribution in [-0.4, -0.2) is 65.2 Å². The second kappa shape index (κ2) is 6.43. The molecular weight excluding hydrogens is 258 g/mol. The van der Waals surface area contributed by atoms with Crippen molar-refractivity contribution in [1.82, 2.24) is 15.1 Å². The number of carbonyl (C=O) groups excluding carboxylic acids is 1. The first-order chi connectivity index (χ1) is 9.56. The van der Waals surface area contributed by atoms with Gasteiger partial charge in [0.25, 0.3) is 0 Å². The van der Waals surface area contributed by atoms with Crippen molar-refractivity contribution in [1.29, 1.82) is 0 Å². The van der Waals surface area contributed by atoms with Crippen molar-refractivity contribution in [2.45, 2.75) is 45.2 Å². The molecule has 20 heavy (non-hydrogen) atoms. The van der Waals surface area contributed by atoms with Gasteiger partial charge in [0.1, 0.15) is 6.04 Å². The number of likely N-dealkylation sites (tertiary alicyclic amines) is 1. The number of aliphatic carboxylic acids is 1. The molecular formula is C14H25N3O3. The lowest BCUT2D eigenvalue weighted by Crippen LogP contribution is -2.49. The van der Waals surface area contributed by atoms with E-state index in [1.807, 2.05) is 0 Å². The highest BCUT2D eigenvalue weighted by Crippen LogP contribution is 2.33. The predicted molar refractivity (Wildman–Crippen MR) is 75.6 cm³/mol. The van der Waals surface area contributed by atoms with Crippen molar-refractivity contribution in [3.63, 3.8) is 0 Å². The van der Waals surface area contributed by atoms with Crippen LogP contribution in [-0.2, 0) is 4.79 Å². The summed E-state index contributed by atoms with van der Waals surface area (Å²) in [6.45, 7) is 7.63. The normalized spacial score (nSPS) is 23.9. The summed E-state index contributed by atoms with van der Waals surface area (Å²) in [6, 6.07) is -0.533. The molecule has 2 fully saturated rings. The largest absolute Gasteiger partial charge is 0.480 e. The molecule has 1 saturated heterocycles. The zero-order valence-electron chi connectivity index (χ0n) is 12.3. The van der Waals surface area contributed by atoms with E-state index in [4.69, 9.17) is 5.11 Å². The van der Waals surface area contributed by atoms with Gasteiger partial charge in [0, 0.05) is 19.1 Å². The van der Waals surface area contributed by atoms with Crippen LogP contribution in [0.1, 0.15) is 33.1 Å². The topological polar surface area (TPSA) is 72.9 Å². The maximum Gasteiger partial charge on any atom is 0.326 e. The minimum Gasteiger partial charge on any atom is -0.480 e. The van der Waals surface area contributed by atoms with Crippen LogP contribution in [0.3, 0.4) is 0 Å². The number of nitrogens with zero attached hydrogens (tertiary/aromatic N) is 2. The number of hydrogen-bond acceptors (Lipinski definition) is 3. The van der Waals surface area contributed by atoms with Gasteiger partial charge < -0.3 is 15.3 Å². The highest BCUT2D eigenvalue weighted by atomic mass is 16.4. The van der Waals surface area contributed by atoms with E-state index in [9.17, 15) is 9.59 Å². The zero-order valence-corrected chi connectivity index (χ0v) is 12.3. The Morgan fingerprint density at radius 2 is 1.95 bits per heavy atom. The molecule has 114 valence electrons. The summed E-state index contributed by atoms with van der Waals surface area (Å²) in [7, 11) is 0. The summed E-state index contributed by atoms with van der Waals surface area (Å²) < 4.78 is 0. The van der Waals surface area contributed by atoms with Crippen LogP contribution in [0.25, 0.3) is 0 Å². The van der Waals surface area contributed by atoms with Gasteiger partial charge in [0.05, 0.1) is 0 Å². The molecule has 2 atom stereocenters. The summed E-state index contributed by atoms with van der Waals surface area (Å²) in [5.74, 6) is -0.794. The Morgan fingerprint density at radius 3 is 2.45 bits per heavy atom. The summed E-state index contributed by atoms with van der Waals surface area (Å²) in [5, 5.41) is 11.8. The quantitative estimate of drug-likeness (QED) is 0.762. The van der Waals surface area contributed by atoms with Gasteiger partial charge in [-0.05, 0) is 38.3 Å². The molecule has 2 aliphatic rings. The fourth-order valence-electron chi connectivity index (χ4n) is 3.00. The van der Waals surface area contributed by atoms with E-state index < -0.39 is 12.0 Å². The Kier molecular flexibility index (Phi) is 4.86. The van der Waals surface area contributed by atoms with Crippen molar-refractivity contribution < 1.29 is 14.7 Å². The number of nitrogens with one attached hydrogen (secondary N) is 1. The predicted octanol–water partition coefficient (Wildman–Crippen LogP) is 0.975. The minimum atomic E-state index is -0.916. The Hall–Kier alpha value is -1.30. The SMILES string of the molecule is CCN(CC)C1CCN(C(=O)NC(C(=O)O)C2CC2)C1. The fraction of sp³-hybridized carbons (Fsp3) is 0.857. The average molecular weight is 283 g/mol. The summed E-state index contributed by atoms with van der Waals surface area (Å²) >= 11 is 0. The van der Waals surface area contributed by atoms with Gasteiger partial charge in [-0.3, -0.25) is 4.90 Å². The first-order valence-electron chi connectivity index (χ1n) is 7.59. The molecule has 0 aromatic heterocycles. The maximum absolute atomic E-state index is 12.2. The summed E-state index contributed by atoms with van der Waals surface area (Å²) in [4.78, 5) is 27.4. The van der Waals surface area contributed by atoms with Crippen LogP contribution >= 0.6 is 0 Å². The molecule has 0 aromatic carbocycles. The number of rotatable bonds is 6. The molecule has 0 bridgehead atoms. The minimum absolute atomic E-state index is 0.123. The van der Waals surface area contributed by atoms with Crippen LogP contribution in [0.4, 0.5) is 4.79 Å². The smallest absolute Gasteiger partial charge is 0.326 e. The highest BCUT2D eigenvalue weighted by Gasteiger charge is 2.39. The number of carbonyl (C=O) groups is 2. The monoisotopic (exact) mass is 283 g/mol. The van der Waals surface area contributed by atoms with Gasteiger partial charge in [-0.1, -0.05) is 13.8 Å². The van der Waals surface area contributed by atoms with Crippen LogP contribution < -0.4 is 5.32 Å². The lowest BCUT2D eigenvalue weighted by atomic mass is 10.2. The molecule has 0 aromatic rings. The van der Waals surface area contributed by atoms with Crippen molar-refractivity contribution in [2.24, 2.45) is 5.92 Å². The van der Waals surface area contributed by atoms with E-state index in [2.05, 4.69) is 24.1 Å². The molecule has 2 rings (SSSR count). The van der Waals surface area contributed by atoms with Crippen molar-refractivity contribution in [3.8, 4) is 0 Å². The Morgan fingerprint density at radius 1 is 1.30 bits per heavy atom. The summed E-state index contributed by atoms with van der Waals surface area (Å²) in [6.07, 6.45) is 2.77. The van der Waals surface area contributed by atoms with Crippen LogP contribution in [0, 0.1) is 5.92 Å². The van der Waals surface area contributed by atoms with Gasteiger partial charge in [0.15, 0.2) is 0 Å². The number of likely N-dealkylation sites (N-methyl/N-ethyl adjacent to an activating group) is 1. The Bertz CT molecular complexity index is 367. The molecule has 1 aliphatic heterocycles. The third-order valence-electron chi connectivity index (χ3n) is 4.42. The first kappa shape index (κ1) is 15.1.